The standard InChI is InChI=1S/C25H35N7O5S/c1-12-17(22-30-18-13(2)26-8-7-16(18)38-22)21(31-23(28-12)27-9-10-36-5)29-15-11-14(19(33)20(15)34)25(3,4)32-24(35)37-6/h7-8,14-15,19-20,33-34H,9-11H2,1-6H3,(H,32,35)(H2,27,28,29,31)/t14-,15?,19+,20-/m0/s1. The lowest BCUT2D eigenvalue weighted by molar-refractivity contribution is -0.00233. The van der Waals surface area contributed by atoms with E-state index in [1.54, 1.807) is 27.2 Å². The normalized spacial score (nSPS) is 21.5. The van der Waals surface area contributed by atoms with Crippen molar-refractivity contribution in [2.45, 2.75) is 57.9 Å². The average Bonchev–Trinajstić information content (AvgIpc) is 3.41. The number of aryl methyl sites for hydroxylation is 2. The number of alkyl carbamates (subject to hydrolysis) is 1. The van der Waals surface area contributed by atoms with E-state index in [1.165, 1.54) is 18.4 Å². The van der Waals surface area contributed by atoms with Gasteiger partial charge in [0, 0.05) is 31.3 Å². The summed E-state index contributed by atoms with van der Waals surface area (Å²) in [6.07, 6.45) is -0.660. The molecule has 3 heterocycles. The predicted octanol–water partition coefficient (Wildman–Crippen LogP) is 2.48. The van der Waals surface area contributed by atoms with Crippen molar-refractivity contribution in [3.05, 3.63) is 23.7 Å². The zero-order valence-electron chi connectivity index (χ0n) is 22.4. The maximum absolute atomic E-state index is 11.9. The summed E-state index contributed by atoms with van der Waals surface area (Å²) >= 11 is 1.51. The molecule has 0 spiro atoms. The van der Waals surface area contributed by atoms with Gasteiger partial charge in [-0.05, 0) is 40.2 Å². The minimum atomic E-state index is -1.10. The van der Waals surface area contributed by atoms with Crippen LogP contribution >= 0.6 is 11.3 Å². The first-order chi connectivity index (χ1) is 18.1. The van der Waals surface area contributed by atoms with Crippen molar-refractivity contribution in [1.82, 2.24) is 25.3 Å². The number of carbonyl (C=O) groups excluding carboxylic acids is 1. The number of nitrogens with zero attached hydrogens (tertiary/aromatic N) is 4. The first-order valence-corrected chi connectivity index (χ1v) is 13.2. The number of nitrogens with one attached hydrogen (secondary N) is 3. The molecule has 4 rings (SSSR count). The van der Waals surface area contributed by atoms with E-state index >= 15 is 0 Å². The molecule has 0 bridgehead atoms. The van der Waals surface area contributed by atoms with Gasteiger partial charge in [0.05, 0.1) is 47.5 Å². The smallest absolute Gasteiger partial charge is 0.407 e. The molecule has 12 nitrogen and oxygen atoms in total. The lowest BCUT2D eigenvalue weighted by Gasteiger charge is -2.34. The number of anilines is 2. The first-order valence-electron chi connectivity index (χ1n) is 12.4. The number of fused-ring (bicyclic) bond motifs is 1. The van der Waals surface area contributed by atoms with E-state index in [0.29, 0.717) is 42.6 Å². The highest BCUT2D eigenvalue weighted by atomic mass is 32.1. The number of rotatable bonds is 9. The van der Waals surface area contributed by atoms with Crippen LogP contribution < -0.4 is 16.0 Å². The van der Waals surface area contributed by atoms with Gasteiger partial charge >= 0.3 is 6.09 Å². The van der Waals surface area contributed by atoms with E-state index in [0.717, 1.165) is 20.9 Å². The fourth-order valence-electron chi connectivity index (χ4n) is 4.84. The molecule has 3 aromatic rings. The van der Waals surface area contributed by atoms with Crippen LogP contribution in [0.3, 0.4) is 0 Å². The third-order valence-corrected chi connectivity index (χ3v) is 7.96. The molecular weight excluding hydrogens is 510 g/mol. The molecule has 0 aliphatic heterocycles. The molecule has 0 aromatic carbocycles. The van der Waals surface area contributed by atoms with Crippen LogP contribution in [0, 0.1) is 19.8 Å². The van der Waals surface area contributed by atoms with E-state index in [9.17, 15) is 15.0 Å². The largest absolute Gasteiger partial charge is 0.453 e. The maximum atomic E-state index is 11.9. The summed E-state index contributed by atoms with van der Waals surface area (Å²) in [7, 11) is 2.90. The number of hydrogen-bond acceptors (Lipinski definition) is 12. The van der Waals surface area contributed by atoms with Gasteiger partial charge in [0.25, 0.3) is 0 Å². The fourth-order valence-corrected chi connectivity index (χ4v) is 5.95. The van der Waals surface area contributed by atoms with Crippen LogP contribution in [-0.4, -0.2) is 87.4 Å². The number of thiazole rings is 1. The number of aliphatic hydroxyl groups is 2. The van der Waals surface area contributed by atoms with Gasteiger partial charge < -0.3 is 35.6 Å². The zero-order valence-corrected chi connectivity index (χ0v) is 23.2. The maximum Gasteiger partial charge on any atom is 0.407 e. The van der Waals surface area contributed by atoms with Crippen molar-refractivity contribution in [1.29, 1.82) is 0 Å². The average molecular weight is 546 g/mol. The van der Waals surface area contributed by atoms with Crippen LogP contribution in [0.5, 0.6) is 0 Å². The number of methoxy groups -OCH3 is 2. The molecule has 1 aliphatic carbocycles. The predicted molar refractivity (Wildman–Crippen MR) is 145 cm³/mol. The molecule has 5 N–H and O–H groups in total. The van der Waals surface area contributed by atoms with Crippen molar-refractivity contribution in [3.63, 3.8) is 0 Å². The van der Waals surface area contributed by atoms with Crippen LogP contribution in [0.25, 0.3) is 20.8 Å². The Bertz CT molecular complexity index is 1300. The SMILES string of the molecule is COCCNc1nc(C)c(-c2nc3c(C)nccc3s2)c(NC2C[C@H](C(C)(C)NC(=O)OC)[C@@H](O)[C@H]2O)n1. The summed E-state index contributed by atoms with van der Waals surface area (Å²) in [5, 5.41) is 32.0. The number of aromatic nitrogens is 4. The highest BCUT2D eigenvalue weighted by molar-refractivity contribution is 7.21. The molecule has 1 unspecified atom stereocenters. The summed E-state index contributed by atoms with van der Waals surface area (Å²) < 4.78 is 10.9. The van der Waals surface area contributed by atoms with Crippen LogP contribution in [0.2, 0.25) is 0 Å². The highest BCUT2D eigenvalue weighted by Crippen LogP contribution is 2.40. The van der Waals surface area contributed by atoms with Gasteiger partial charge in [0.1, 0.15) is 22.4 Å². The zero-order chi connectivity index (χ0) is 27.6. The summed E-state index contributed by atoms with van der Waals surface area (Å²) in [6, 6.07) is 1.37. The van der Waals surface area contributed by atoms with Crippen LogP contribution in [0.15, 0.2) is 12.3 Å². The topological polar surface area (TPSA) is 164 Å². The Morgan fingerprint density at radius 1 is 1.16 bits per heavy atom. The van der Waals surface area contributed by atoms with Gasteiger partial charge in [-0.3, -0.25) is 4.98 Å². The highest BCUT2D eigenvalue weighted by Gasteiger charge is 2.49. The van der Waals surface area contributed by atoms with E-state index < -0.39 is 35.8 Å². The van der Waals surface area contributed by atoms with E-state index in [2.05, 4.69) is 25.9 Å². The molecule has 13 heteroatoms. The Morgan fingerprint density at radius 2 is 1.92 bits per heavy atom. The molecule has 0 radical (unpaired) electrons. The number of carbonyl (C=O) groups is 1. The van der Waals surface area contributed by atoms with Gasteiger partial charge in [-0.2, -0.15) is 4.98 Å². The number of hydrogen-bond donors (Lipinski definition) is 5. The Labute approximate surface area is 225 Å². The molecule has 1 fully saturated rings. The quantitative estimate of drug-likeness (QED) is 0.251. The van der Waals surface area contributed by atoms with Crippen LogP contribution in [0.4, 0.5) is 16.6 Å². The molecule has 1 saturated carbocycles. The molecule has 0 saturated heterocycles. The Balaban J connectivity index is 1.70. The van der Waals surface area contributed by atoms with Crippen molar-refractivity contribution in [3.8, 4) is 10.6 Å². The van der Waals surface area contributed by atoms with Gasteiger partial charge in [0.15, 0.2) is 0 Å². The molecular formula is C25H35N7O5S. The fraction of sp³-hybridized carbons (Fsp3) is 0.560. The summed E-state index contributed by atoms with van der Waals surface area (Å²) in [6.45, 7) is 8.38. The van der Waals surface area contributed by atoms with E-state index in [1.807, 2.05) is 19.9 Å². The van der Waals surface area contributed by atoms with Gasteiger partial charge in [-0.25, -0.2) is 14.8 Å². The lowest BCUT2D eigenvalue weighted by atomic mass is 9.84. The second kappa shape index (κ2) is 11.3. The Kier molecular flexibility index (Phi) is 8.31. The Morgan fingerprint density at radius 3 is 2.61 bits per heavy atom. The number of ether oxygens (including phenoxy) is 2. The third-order valence-electron chi connectivity index (χ3n) is 6.92. The van der Waals surface area contributed by atoms with Gasteiger partial charge in [0.2, 0.25) is 5.95 Å². The van der Waals surface area contributed by atoms with E-state index in [-0.39, 0.29) is 0 Å². The van der Waals surface area contributed by atoms with E-state index in [4.69, 9.17) is 19.4 Å². The molecule has 1 amide bonds. The van der Waals surface area contributed by atoms with Crippen molar-refractivity contribution < 1.29 is 24.5 Å². The molecule has 3 aromatic heterocycles. The number of aliphatic hydroxyl groups excluding tert-OH is 2. The first kappa shape index (κ1) is 27.9. The number of amides is 1. The molecule has 4 atom stereocenters. The second-order valence-corrected chi connectivity index (χ2v) is 11.0. The summed E-state index contributed by atoms with van der Waals surface area (Å²) in [4.78, 5) is 30.4. The summed E-state index contributed by atoms with van der Waals surface area (Å²) in [5.41, 5.74) is 2.21. The molecule has 206 valence electrons. The number of pyridine rings is 1. The monoisotopic (exact) mass is 545 g/mol. The van der Waals surface area contributed by atoms with Crippen molar-refractivity contribution in [2.75, 3.05) is 38.0 Å². The third kappa shape index (κ3) is 5.65. The van der Waals surface area contributed by atoms with Crippen LogP contribution in [0.1, 0.15) is 31.7 Å². The summed E-state index contributed by atoms with van der Waals surface area (Å²) in [5.74, 6) is 0.440. The van der Waals surface area contributed by atoms with Gasteiger partial charge in [-0.15, -0.1) is 11.3 Å². The second-order valence-electron chi connectivity index (χ2n) is 9.95. The van der Waals surface area contributed by atoms with Crippen molar-refractivity contribution >= 4 is 39.4 Å². The molecule has 1 aliphatic rings. The van der Waals surface area contributed by atoms with Crippen molar-refractivity contribution in [2.24, 2.45) is 5.92 Å². The minimum absolute atomic E-state index is 0.372. The minimum Gasteiger partial charge on any atom is -0.453 e. The Hall–Kier alpha value is -3.13. The van der Waals surface area contributed by atoms with Gasteiger partial charge in [-0.1, -0.05) is 0 Å². The molecule has 38 heavy (non-hydrogen) atoms. The van der Waals surface area contributed by atoms with Crippen LogP contribution in [-0.2, 0) is 9.47 Å². The lowest BCUT2D eigenvalue weighted by Crippen LogP contribution is -2.52.